The van der Waals surface area contributed by atoms with Gasteiger partial charge in [0.1, 0.15) is 16.5 Å². The van der Waals surface area contributed by atoms with Crippen LogP contribution in [0.1, 0.15) is 54.4 Å². The number of fused-ring (bicyclic) bond motifs is 3. The summed E-state index contributed by atoms with van der Waals surface area (Å²) in [7, 11) is 0. The van der Waals surface area contributed by atoms with Gasteiger partial charge >= 0.3 is 0 Å². The van der Waals surface area contributed by atoms with Crippen LogP contribution < -0.4 is 4.90 Å². The molecule has 0 bridgehead atoms. The summed E-state index contributed by atoms with van der Waals surface area (Å²) in [5, 5.41) is 1.27. The zero-order valence-electron chi connectivity index (χ0n) is 20.7. The van der Waals surface area contributed by atoms with Crippen molar-refractivity contribution in [1.82, 2.24) is 19.8 Å². The number of hydrogen-bond donors (Lipinski definition) is 0. The van der Waals surface area contributed by atoms with Crippen LogP contribution in [0.3, 0.4) is 0 Å². The molecule has 0 unspecified atom stereocenters. The number of benzene rings is 1. The third-order valence-electron chi connectivity index (χ3n) is 8.05. The fraction of sp³-hybridized carbons (Fsp3) is 0.536. The van der Waals surface area contributed by atoms with Gasteiger partial charge in [-0.05, 0) is 36.9 Å². The average molecular weight is 490 g/mol. The minimum Gasteiger partial charge on any atom is -0.352 e. The topological polar surface area (TPSA) is 52.6 Å². The van der Waals surface area contributed by atoms with Crippen molar-refractivity contribution in [3.05, 3.63) is 52.2 Å². The van der Waals surface area contributed by atoms with Gasteiger partial charge in [0.2, 0.25) is 5.91 Å². The van der Waals surface area contributed by atoms with Gasteiger partial charge in [0, 0.05) is 56.5 Å². The van der Waals surface area contributed by atoms with Crippen LogP contribution in [0.4, 0.5) is 5.82 Å². The second kappa shape index (κ2) is 9.86. The fourth-order valence-electron chi connectivity index (χ4n) is 6.00. The Morgan fingerprint density at radius 2 is 1.80 bits per heavy atom. The molecule has 184 valence electrons. The molecule has 0 atom stereocenters. The zero-order chi connectivity index (χ0) is 23.8. The van der Waals surface area contributed by atoms with Gasteiger partial charge in [0.25, 0.3) is 0 Å². The lowest BCUT2D eigenvalue weighted by Gasteiger charge is -2.37. The van der Waals surface area contributed by atoms with Crippen LogP contribution >= 0.6 is 11.3 Å². The molecule has 2 fully saturated rings. The molecule has 6 nitrogen and oxygen atoms in total. The molecule has 7 heteroatoms. The molecule has 0 N–H and O–H groups in total. The van der Waals surface area contributed by atoms with E-state index in [1.54, 1.807) is 0 Å². The Bertz CT molecular complexity index is 1200. The first-order valence-corrected chi connectivity index (χ1v) is 14.1. The second-order valence-corrected chi connectivity index (χ2v) is 11.3. The van der Waals surface area contributed by atoms with Gasteiger partial charge in [-0.2, -0.15) is 0 Å². The Kier molecular flexibility index (Phi) is 6.46. The molecule has 2 aliphatic heterocycles. The number of thiophene rings is 1. The molecular weight excluding hydrogens is 454 g/mol. The first kappa shape index (κ1) is 22.9. The lowest BCUT2D eigenvalue weighted by Crippen LogP contribution is -2.50. The third kappa shape index (κ3) is 4.56. The minimum absolute atomic E-state index is 0.259. The Morgan fingerprint density at radius 1 is 1.03 bits per heavy atom. The quantitative estimate of drug-likeness (QED) is 0.528. The van der Waals surface area contributed by atoms with Crippen LogP contribution in [0.5, 0.6) is 0 Å². The predicted molar refractivity (Wildman–Crippen MR) is 142 cm³/mol. The Morgan fingerprint density at radius 3 is 2.54 bits per heavy atom. The lowest BCUT2D eigenvalue weighted by atomic mass is 10.0. The maximum atomic E-state index is 13.0. The van der Waals surface area contributed by atoms with E-state index in [0.29, 0.717) is 5.91 Å². The van der Waals surface area contributed by atoms with Crippen molar-refractivity contribution < 1.29 is 4.79 Å². The molecule has 1 aliphatic carbocycles. The average Bonchev–Trinajstić information content (AvgIpc) is 3.56. The Labute approximate surface area is 212 Å². The molecule has 1 amide bonds. The van der Waals surface area contributed by atoms with Gasteiger partial charge in [0.05, 0.1) is 5.39 Å². The fourth-order valence-corrected chi connectivity index (χ4v) is 7.27. The van der Waals surface area contributed by atoms with Gasteiger partial charge in [-0.3, -0.25) is 9.69 Å². The SMILES string of the molecule is CCN1CCc2c(sc3nc(Cc4ccccc4)nc(N4CCN(C(=O)C5CCCC5)CC4)c23)C1. The van der Waals surface area contributed by atoms with Crippen molar-refractivity contribution in [2.45, 2.75) is 52.0 Å². The van der Waals surface area contributed by atoms with E-state index in [0.717, 1.165) is 88.0 Å². The summed E-state index contributed by atoms with van der Waals surface area (Å²) in [6.45, 7) is 8.74. The first-order chi connectivity index (χ1) is 17.2. The Balaban J connectivity index is 1.31. The van der Waals surface area contributed by atoms with E-state index in [-0.39, 0.29) is 5.92 Å². The molecule has 6 rings (SSSR count). The van der Waals surface area contributed by atoms with Crippen molar-refractivity contribution in [1.29, 1.82) is 0 Å². The normalized spacial score (nSPS) is 19.5. The van der Waals surface area contributed by atoms with E-state index in [9.17, 15) is 4.79 Å². The molecule has 3 aromatic rings. The number of likely N-dealkylation sites (N-methyl/N-ethyl adjacent to an activating group) is 1. The maximum Gasteiger partial charge on any atom is 0.225 e. The molecule has 4 heterocycles. The largest absolute Gasteiger partial charge is 0.352 e. The van der Waals surface area contributed by atoms with Crippen molar-refractivity contribution in [3.63, 3.8) is 0 Å². The second-order valence-electron chi connectivity index (χ2n) is 10.2. The summed E-state index contributed by atoms with van der Waals surface area (Å²) in [6.07, 6.45) is 6.37. The van der Waals surface area contributed by atoms with E-state index in [1.165, 1.54) is 34.2 Å². The number of nitrogens with zero attached hydrogens (tertiary/aromatic N) is 5. The van der Waals surface area contributed by atoms with Gasteiger partial charge in [-0.25, -0.2) is 9.97 Å². The highest BCUT2D eigenvalue weighted by Gasteiger charge is 2.31. The predicted octanol–water partition coefficient (Wildman–Crippen LogP) is 4.50. The van der Waals surface area contributed by atoms with Gasteiger partial charge in [-0.1, -0.05) is 50.1 Å². The molecule has 3 aliphatic rings. The van der Waals surface area contributed by atoms with Crippen LogP contribution in [0, 0.1) is 5.92 Å². The van der Waals surface area contributed by atoms with Crippen LogP contribution in [0.2, 0.25) is 0 Å². The Hall–Kier alpha value is -2.51. The van der Waals surface area contributed by atoms with Gasteiger partial charge in [0.15, 0.2) is 0 Å². The number of piperazine rings is 1. The van der Waals surface area contributed by atoms with E-state index in [1.807, 2.05) is 11.3 Å². The number of anilines is 1. The van der Waals surface area contributed by atoms with E-state index < -0.39 is 0 Å². The van der Waals surface area contributed by atoms with E-state index in [4.69, 9.17) is 9.97 Å². The van der Waals surface area contributed by atoms with Gasteiger partial charge in [-0.15, -0.1) is 11.3 Å². The summed E-state index contributed by atoms with van der Waals surface area (Å²) in [5.41, 5.74) is 2.70. The molecular formula is C28H35N5OS. The smallest absolute Gasteiger partial charge is 0.225 e. The summed E-state index contributed by atoms with van der Waals surface area (Å²) >= 11 is 1.86. The number of rotatable bonds is 5. The van der Waals surface area contributed by atoms with Crippen LogP contribution in [0.25, 0.3) is 10.2 Å². The molecule has 0 radical (unpaired) electrons. The van der Waals surface area contributed by atoms with E-state index in [2.05, 4.69) is 52.0 Å². The van der Waals surface area contributed by atoms with Crippen molar-refractivity contribution >= 4 is 33.3 Å². The highest BCUT2D eigenvalue weighted by Crippen LogP contribution is 2.39. The standard InChI is InChI=1S/C28H35N5OS/c1-2-31-13-12-22-23(19-31)35-27-25(22)26(29-24(30-27)18-20-8-4-3-5-9-20)32-14-16-33(17-15-32)28(34)21-10-6-7-11-21/h3-5,8-9,21H,2,6-7,10-19H2,1H3. The number of hydrogen-bond acceptors (Lipinski definition) is 6. The molecule has 1 saturated carbocycles. The molecule has 0 spiro atoms. The van der Waals surface area contributed by atoms with Crippen molar-refractivity contribution in [2.24, 2.45) is 5.92 Å². The summed E-state index contributed by atoms with van der Waals surface area (Å²) in [4.78, 5) is 32.9. The zero-order valence-corrected chi connectivity index (χ0v) is 21.5. The van der Waals surface area contributed by atoms with Crippen LogP contribution in [0.15, 0.2) is 30.3 Å². The monoisotopic (exact) mass is 489 g/mol. The lowest BCUT2D eigenvalue weighted by molar-refractivity contribution is -0.135. The van der Waals surface area contributed by atoms with E-state index >= 15 is 0 Å². The molecule has 1 aromatic carbocycles. The third-order valence-corrected chi connectivity index (χ3v) is 9.16. The number of amides is 1. The number of carbonyl (C=O) groups excluding carboxylic acids is 1. The summed E-state index contributed by atoms with van der Waals surface area (Å²) in [6, 6.07) is 10.5. The highest BCUT2D eigenvalue weighted by atomic mass is 32.1. The molecule has 2 aromatic heterocycles. The highest BCUT2D eigenvalue weighted by molar-refractivity contribution is 7.19. The maximum absolute atomic E-state index is 13.0. The van der Waals surface area contributed by atoms with Crippen molar-refractivity contribution in [3.8, 4) is 0 Å². The van der Waals surface area contributed by atoms with Crippen LogP contribution in [-0.2, 0) is 24.2 Å². The first-order valence-electron chi connectivity index (χ1n) is 13.3. The number of carbonyl (C=O) groups is 1. The van der Waals surface area contributed by atoms with Crippen LogP contribution in [-0.4, -0.2) is 64.9 Å². The summed E-state index contributed by atoms with van der Waals surface area (Å²) < 4.78 is 0. The van der Waals surface area contributed by atoms with Crippen molar-refractivity contribution in [2.75, 3.05) is 44.2 Å². The number of aromatic nitrogens is 2. The molecule has 1 saturated heterocycles. The summed E-state index contributed by atoms with van der Waals surface area (Å²) in [5.74, 6) is 2.63. The molecule has 35 heavy (non-hydrogen) atoms. The minimum atomic E-state index is 0.259. The van der Waals surface area contributed by atoms with Gasteiger partial charge < -0.3 is 9.80 Å².